The average Bonchev–Trinajstić information content (AvgIpc) is 3.49. The number of nitrogens with one attached hydrogen (secondary N) is 2. The number of hydrogen-bond acceptors (Lipinski definition) is 11. The second-order valence-corrected chi connectivity index (χ2v) is 6.76. The molecule has 30 heavy (non-hydrogen) atoms. The number of aliphatic hydroxyl groups excluding tert-OH is 2. The van der Waals surface area contributed by atoms with Crippen molar-refractivity contribution in [1.29, 1.82) is 0 Å². The Morgan fingerprint density at radius 3 is 2.70 bits per heavy atom. The van der Waals surface area contributed by atoms with E-state index in [0.29, 0.717) is 23.5 Å². The zero-order valence-electron chi connectivity index (χ0n) is 15.4. The van der Waals surface area contributed by atoms with Gasteiger partial charge in [-0.3, -0.25) is 4.57 Å². The first-order chi connectivity index (χ1) is 14.6. The fourth-order valence-corrected chi connectivity index (χ4v) is 3.36. The maximum Gasteiger partial charge on any atom is 0.206 e. The van der Waals surface area contributed by atoms with Crippen LogP contribution >= 0.6 is 0 Å². The van der Waals surface area contributed by atoms with E-state index in [-0.39, 0.29) is 11.6 Å². The lowest BCUT2D eigenvalue weighted by atomic mass is 10.1. The molecule has 5 N–H and O–H groups in total. The summed E-state index contributed by atoms with van der Waals surface area (Å²) in [6, 6.07) is 6.79. The summed E-state index contributed by atoms with van der Waals surface area (Å²) in [7, 11) is 0. The molecular formula is C17H17N9O4. The van der Waals surface area contributed by atoms with Gasteiger partial charge in [0.2, 0.25) is 5.82 Å². The van der Waals surface area contributed by atoms with Crippen LogP contribution in [0.4, 0.5) is 5.82 Å². The monoisotopic (exact) mass is 411 g/mol. The van der Waals surface area contributed by atoms with Gasteiger partial charge in [-0.1, -0.05) is 17.3 Å². The number of phenols is 1. The van der Waals surface area contributed by atoms with E-state index < -0.39 is 24.5 Å². The molecule has 0 saturated carbocycles. The fourth-order valence-electron chi connectivity index (χ4n) is 3.36. The third-order valence-corrected chi connectivity index (χ3v) is 4.88. The lowest BCUT2D eigenvalue weighted by Crippen LogP contribution is -2.29. The van der Waals surface area contributed by atoms with Gasteiger partial charge in [0.05, 0.1) is 6.33 Å². The predicted octanol–water partition coefficient (Wildman–Crippen LogP) is -0.351. The third-order valence-electron chi connectivity index (χ3n) is 4.88. The van der Waals surface area contributed by atoms with E-state index in [0.717, 1.165) is 5.56 Å². The molecule has 0 bridgehead atoms. The van der Waals surface area contributed by atoms with E-state index in [1.165, 1.54) is 17.2 Å². The summed E-state index contributed by atoms with van der Waals surface area (Å²) < 4.78 is 7.32. The standard InChI is InChI=1S/C17H17N9O4/c27-9-3-1-8(2-4-9)5-18-14-10-16(20-6-19-14)26(7-21-10)17-12(29)11(28)13(30-17)15-22-24-25-23-15/h1-4,6-7,11-13,17,27-29H,5H2,(H,18,19,20)(H,22,23,24,25). The molecule has 1 aliphatic heterocycles. The van der Waals surface area contributed by atoms with Crippen LogP contribution in [0.1, 0.15) is 23.7 Å². The molecule has 0 spiro atoms. The van der Waals surface area contributed by atoms with E-state index in [1.54, 1.807) is 24.3 Å². The summed E-state index contributed by atoms with van der Waals surface area (Å²) in [6.45, 7) is 0.459. The molecule has 0 aliphatic carbocycles. The normalized spacial score (nSPS) is 23.8. The molecule has 1 aromatic carbocycles. The molecule has 154 valence electrons. The Bertz CT molecular complexity index is 1150. The minimum atomic E-state index is -1.26. The zero-order valence-corrected chi connectivity index (χ0v) is 15.4. The van der Waals surface area contributed by atoms with Crippen LogP contribution in [0.15, 0.2) is 36.9 Å². The van der Waals surface area contributed by atoms with Crippen molar-refractivity contribution < 1.29 is 20.1 Å². The van der Waals surface area contributed by atoms with E-state index >= 15 is 0 Å². The Hall–Kier alpha value is -3.68. The lowest BCUT2D eigenvalue weighted by molar-refractivity contribution is -0.0383. The van der Waals surface area contributed by atoms with Crippen molar-refractivity contribution in [3.8, 4) is 5.75 Å². The maximum absolute atomic E-state index is 10.5. The quantitative estimate of drug-likeness (QED) is 0.289. The number of aromatic hydroxyl groups is 1. The van der Waals surface area contributed by atoms with Crippen molar-refractivity contribution in [3.05, 3.63) is 48.3 Å². The van der Waals surface area contributed by atoms with Gasteiger partial charge >= 0.3 is 0 Å². The van der Waals surface area contributed by atoms with E-state index in [1.807, 2.05) is 0 Å². The summed E-state index contributed by atoms with van der Waals surface area (Å²) in [5.41, 5.74) is 1.84. The van der Waals surface area contributed by atoms with Crippen LogP contribution < -0.4 is 5.32 Å². The van der Waals surface area contributed by atoms with E-state index in [9.17, 15) is 15.3 Å². The molecule has 0 radical (unpaired) electrons. The molecule has 4 atom stereocenters. The molecule has 5 rings (SSSR count). The van der Waals surface area contributed by atoms with Gasteiger partial charge in [0, 0.05) is 6.54 Å². The highest BCUT2D eigenvalue weighted by atomic mass is 16.6. The highest BCUT2D eigenvalue weighted by molar-refractivity contribution is 5.82. The molecule has 0 amide bonds. The van der Waals surface area contributed by atoms with Gasteiger partial charge < -0.3 is 25.4 Å². The molecule has 1 saturated heterocycles. The van der Waals surface area contributed by atoms with Crippen molar-refractivity contribution in [2.75, 3.05) is 5.32 Å². The molecule has 1 aliphatic rings. The lowest BCUT2D eigenvalue weighted by Gasteiger charge is -2.16. The number of anilines is 1. The Balaban J connectivity index is 1.41. The largest absolute Gasteiger partial charge is 0.508 e. The number of ether oxygens (including phenoxy) is 1. The number of imidazole rings is 1. The second-order valence-electron chi connectivity index (χ2n) is 6.76. The second kappa shape index (κ2) is 7.29. The first-order valence-electron chi connectivity index (χ1n) is 9.06. The number of aliphatic hydroxyl groups is 2. The number of rotatable bonds is 5. The van der Waals surface area contributed by atoms with Crippen LogP contribution in [-0.4, -0.2) is 67.7 Å². The molecule has 3 aromatic heterocycles. The number of aromatic nitrogens is 8. The van der Waals surface area contributed by atoms with Crippen molar-refractivity contribution in [1.82, 2.24) is 40.1 Å². The highest BCUT2D eigenvalue weighted by Crippen LogP contribution is 2.38. The van der Waals surface area contributed by atoms with Crippen molar-refractivity contribution in [3.63, 3.8) is 0 Å². The third kappa shape index (κ3) is 3.10. The molecule has 4 unspecified atom stereocenters. The van der Waals surface area contributed by atoms with Crippen LogP contribution in [0.25, 0.3) is 11.2 Å². The minimum absolute atomic E-state index is 0.138. The zero-order chi connectivity index (χ0) is 20.7. The Morgan fingerprint density at radius 1 is 1.10 bits per heavy atom. The summed E-state index contributed by atoms with van der Waals surface area (Å²) in [5, 5.41) is 46.8. The number of fused-ring (bicyclic) bond motifs is 1. The van der Waals surface area contributed by atoms with Gasteiger partial charge in [-0.2, -0.15) is 5.21 Å². The average molecular weight is 411 g/mol. The van der Waals surface area contributed by atoms with Gasteiger partial charge in [0.25, 0.3) is 0 Å². The number of nitrogens with zero attached hydrogens (tertiary/aromatic N) is 7. The van der Waals surface area contributed by atoms with Crippen LogP contribution in [0.2, 0.25) is 0 Å². The molecule has 13 heteroatoms. The summed E-state index contributed by atoms with van der Waals surface area (Å²) in [4.78, 5) is 12.8. The number of H-pyrrole nitrogens is 1. The van der Waals surface area contributed by atoms with Crippen LogP contribution in [0.5, 0.6) is 5.75 Å². The van der Waals surface area contributed by atoms with Gasteiger partial charge in [-0.25, -0.2) is 15.0 Å². The first-order valence-corrected chi connectivity index (χ1v) is 9.06. The smallest absolute Gasteiger partial charge is 0.206 e. The Morgan fingerprint density at radius 2 is 1.93 bits per heavy atom. The number of tetrazole rings is 1. The summed E-state index contributed by atoms with van der Waals surface area (Å²) >= 11 is 0. The van der Waals surface area contributed by atoms with Crippen LogP contribution in [0.3, 0.4) is 0 Å². The topological polar surface area (TPSA) is 180 Å². The van der Waals surface area contributed by atoms with Crippen molar-refractivity contribution in [2.45, 2.75) is 31.1 Å². The molecule has 4 aromatic rings. The van der Waals surface area contributed by atoms with Crippen molar-refractivity contribution in [2.24, 2.45) is 0 Å². The highest BCUT2D eigenvalue weighted by Gasteiger charge is 2.47. The number of phenolic OH excluding ortho intramolecular Hbond substituents is 1. The SMILES string of the molecule is Oc1ccc(CNc2ncnc3c2ncn3C2OC(c3nn[nH]n3)C(O)C2O)cc1. The van der Waals surface area contributed by atoms with E-state index in [4.69, 9.17) is 4.74 Å². The Kier molecular flexibility index (Phi) is 4.46. The number of benzene rings is 1. The Labute approximate surface area is 168 Å². The minimum Gasteiger partial charge on any atom is -0.508 e. The maximum atomic E-state index is 10.5. The van der Waals surface area contributed by atoms with Gasteiger partial charge in [0.1, 0.15) is 24.3 Å². The van der Waals surface area contributed by atoms with Gasteiger partial charge in [0.15, 0.2) is 29.3 Å². The van der Waals surface area contributed by atoms with Crippen LogP contribution in [-0.2, 0) is 11.3 Å². The van der Waals surface area contributed by atoms with Gasteiger partial charge in [-0.15, -0.1) is 10.2 Å². The first kappa shape index (κ1) is 18.4. The molecule has 4 heterocycles. The predicted molar refractivity (Wildman–Crippen MR) is 99.8 cm³/mol. The van der Waals surface area contributed by atoms with E-state index in [2.05, 4.69) is 40.9 Å². The number of aromatic amines is 1. The van der Waals surface area contributed by atoms with Gasteiger partial charge in [-0.05, 0) is 17.7 Å². The molecule has 1 fully saturated rings. The fraction of sp³-hybridized carbons (Fsp3) is 0.294. The number of hydrogen-bond donors (Lipinski definition) is 5. The van der Waals surface area contributed by atoms with Crippen molar-refractivity contribution >= 4 is 17.0 Å². The molecule has 13 nitrogen and oxygen atoms in total. The van der Waals surface area contributed by atoms with Crippen LogP contribution in [0, 0.1) is 0 Å². The summed E-state index contributed by atoms with van der Waals surface area (Å²) in [6.07, 6.45) is -1.57. The molecular weight excluding hydrogens is 394 g/mol. The summed E-state index contributed by atoms with van der Waals surface area (Å²) in [5.74, 6) is 0.826.